The molecule has 2 heterocycles. The Labute approximate surface area is 635 Å². The lowest BCUT2D eigenvalue weighted by atomic mass is 9.67. The van der Waals surface area contributed by atoms with Gasteiger partial charge in [0.2, 0.25) is 0 Å². The topological polar surface area (TPSA) is 10.9 Å². The SMILES string of the molecule is CC1(C)c2ccccc2-c2ccc(N(c3ccc(-c4ccc(-c5ccc(-c6cccc7c8cc(-c9ccc(N(c%10ccc(-c%11ccccc%11)cc%10)c%10ccc(-c%11ccccc%11)cc%10)cc9)cc9c%10ccccc%10n(c67)c98)cc5)cc4)cc3)c3ccc4c(c3)C(c3ccccc3)(c3ccccc3)c3ccccc3-4)cc21. The molecular formula is C106H73N3. The van der Waals surface area contributed by atoms with E-state index >= 15 is 0 Å². The van der Waals surface area contributed by atoms with Crippen LogP contribution in [0.1, 0.15) is 47.2 Å². The van der Waals surface area contributed by atoms with Gasteiger partial charge >= 0.3 is 0 Å². The Morgan fingerprint density at radius 3 is 1.04 bits per heavy atom. The van der Waals surface area contributed by atoms with Gasteiger partial charge in [0.15, 0.2) is 0 Å². The lowest BCUT2D eigenvalue weighted by Gasteiger charge is -2.35. The molecule has 0 radical (unpaired) electrons. The van der Waals surface area contributed by atoms with Gasteiger partial charge in [-0.15, -0.1) is 0 Å². The van der Waals surface area contributed by atoms with Gasteiger partial charge in [0.05, 0.1) is 22.0 Å². The number of anilines is 6. The number of para-hydroxylation sites is 2. The summed E-state index contributed by atoms with van der Waals surface area (Å²) in [5.74, 6) is 0. The molecule has 0 amide bonds. The van der Waals surface area contributed by atoms with Gasteiger partial charge in [-0.2, -0.15) is 0 Å². The summed E-state index contributed by atoms with van der Waals surface area (Å²) in [6.07, 6.45) is 0. The molecule has 0 fully saturated rings. The van der Waals surface area contributed by atoms with Crippen LogP contribution >= 0.6 is 0 Å². The second kappa shape index (κ2) is 25.4. The predicted molar refractivity (Wildman–Crippen MR) is 458 cm³/mol. The summed E-state index contributed by atoms with van der Waals surface area (Å²) in [7, 11) is 0. The molecule has 0 aliphatic heterocycles. The molecule has 21 rings (SSSR count). The van der Waals surface area contributed by atoms with Crippen molar-refractivity contribution in [1.29, 1.82) is 0 Å². The fourth-order valence-corrected chi connectivity index (χ4v) is 18.4. The zero-order valence-electron chi connectivity index (χ0n) is 60.5. The van der Waals surface area contributed by atoms with E-state index < -0.39 is 5.41 Å². The van der Waals surface area contributed by atoms with Gasteiger partial charge in [0, 0.05) is 66.6 Å². The van der Waals surface area contributed by atoms with E-state index in [1.165, 1.54) is 155 Å². The van der Waals surface area contributed by atoms with E-state index in [2.05, 4.69) is 434 Å². The Morgan fingerprint density at radius 2 is 0.532 bits per heavy atom. The summed E-state index contributed by atoms with van der Waals surface area (Å²) in [5.41, 5.74) is 36.7. The maximum Gasteiger partial charge on any atom is 0.0714 e. The fourth-order valence-electron chi connectivity index (χ4n) is 18.4. The van der Waals surface area contributed by atoms with E-state index in [1.54, 1.807) is 0 Å². The molecule has 0 saturated carbocycles. The Balaban J connectivity index is 0.597. The third-order valence-corrected chi connectivity index (χ3v) is 23.6. The second-order valence-corrected chi connectivity index (χ2v) is 29.9. The first-order valence-electron chi connectivity index (χ1n) is 37.9. The number of fused-ring (bicyclic) bond motifs is 12. The molecule has 2 aliphatic rings. The van der Waals surface area contributed by atoms with Crippen LogP contribution in [0.25, 0.3) is 127 Å². The highest BCUT2D eigenvalue weighted by Gasteiger charge is 2.46. The van der Waals surface area contributed by atoms with Gasteiger partial charge < -0.3 is 14.2 Å². The van der Waals surface area contributed by atoms with Crippen LogP contribution in [0.2, 0.25) is 0 Å². The summed E-state index contributed by atoms with van der Waals surface area (Å²) in [6.45, 7) is 4.75. The maximum absolute atomic E-state index is 2.53. The third kappa shape index (κ3) is 10.3. The largest absolute Gasteiger partial charge is 0.311 e. The molecule has 0 bridgehead atoms. The average Bonchev–Trinajstić information content (AvgIpc) is 1.55. The maximum atomic E-state index is 2.53. The second-order valence-electron chi connectivity index (χ2n) is 29.9. The van der Waals surface area contributed by atoms with Crippen molar-refractivity contribution in [2.24, 2.45) is 0 Å². The summed E-state index contributed by atoms with van der Waals surface area (Å²) in [5, 5.41) is 5.00. The normalized spacial score (nSPS) is 13.0. The number of aromatic nitrogens is 1. The highest BCUT2D eigenvalue weighted by atomic mass is 15.1. The van der Waals surface area contributed by atoms with Gasteiger partial charge in [-0.05, 0) is 208 Å². The van der Waals surface area contributed by atoms with Gasteiger partial charge in [-0.1, -0.05) is 329 Å². The molecule has 512 valence electrons. The minimum atomic E-state index is -0.539. The van der Waals surface area contributed by atoms with Crippen LogP contribution in [-0.4, -0.2) is 4.40 Å². The molecule has 109 heavy (non-hydrogen) atoms. The van der Waals surface area contributed by atoms with Gasteiger partial charge in [0.25, 0.3) is 0 Å². The van der Waals surface area contributed by atoms with Crippen LogP contribution < -0.4 is 9.80 Å². The van der Waals surface area contributed by atoms with E-state index in [4.69, 9.17) is 0 Å². The van der Waals surface area contributed by atoms with E-state index in [9.17, 15) is 0 Å². The minimum Gasteiger partial charge on any atom is -0.311 e. The van der Waals surface area contributed by atoms with Gasteiger partial charge in [-0.25, -0.2) is 0 Å². The summed E-state index contributed by atoms with van der Waals surface area (Å²) in [6, 6.07) is 151. The van der Waals surface area contributed by atoms with Crippen molar-refractivity contribution in [2.75, 3.05) is 9.80 Å². The zero-order valence-corrected chi connectivity index (χ0v) is 60.5. The van der Waals surface area contributed by atoms with Crippen molar-refractivity contribution >= 4 is 72.2 Å². The van der Waals surface area contributed by atoms with Crippen molar-refractivity contribution in [3.8, 4) is 89.0 Å². The van der Waals surface area contributed by atoms with Crippen LogP contribution in [0.4, 0.5) is 34.1 Å². The molecule has 2 aromatic heterocycles. The molecule has 3 nitrogen and oxygen atoms in total. The molecular weight excluding hydrogens is 1320 g/mol. The van der Waals surface area contributed by atoms with Crippen LogP contribution in [0.15, 0.2) is 406 Å². The van der Waals surface area contributed by atoms with Crippen LogP contribution in [-0.2, 0) is 10.8 Å². The molecule has 2 aliphatic carbocycles. The Morgan fingerprint density at radius 1 is 0.202 bits per heavy atom. The third-order valence-electron chi connectivity index (χ3n) is 23.6. The van der Waals surface area contributed by atoms with Crippen LogP contribution in [0.5, 0.6) is 0 Å². The number of nitrogens with zero attached hydrogens (tertiary/aromatic N) is 3. The van der Waals surface area contributed by atoms with Crippen LogP contribution in [0, 0.1) is 0 Å². The van der Waals surface area contributed by atoms with Crippen molar-refractivity contribution in [1.82, 2.24) is 4.40 Å². The Bertz CT molecular complexity index is 6540. The molecule has 0 atom stereocenters. The van der Waals surface area contributed by atoms with E-state index in [0.717, 1.165) is 39.7 Å². The Kier molecular flexibility index (Phi) is 14.8. The Hall–Kier alpha value is -13.9. The lowest BCUT2D eigenvalue weighted by Crippen LogP contribution is -2.28. The standard InChI is InChI=1S/C106H73N3/c1-105(2)98-35-18-15-30-90(98)92-64-62-87(68-100(92)105)108(88-63-65-93-91-31-16-19-36-99(91)106(101(93)69-88,81-26-11-5-12-27-81)82-28-13-6-14-29-82)86-58-50-77(51-59-86)73-40-38-72(39-41-73)74-42-44-79(45-43-74)89-33-21-34-95-97-67-80(66-96-94-32-17-20-37-102(94)109(103(89)95)104(96)97)78-52-60-85(61-53-78)107(83-54-46-75(47-55-83)70-22-7-3-8-23-70)84-56-48-76(49-57-84)71-24-9-4-10-25-71/h3-69H,1-2H3. The molecule has 19 aromatic rings. The molecule has 0 spiro atoms. The van der Waals surface area contributed by atoms with E-state index in [-0.39, 0.29) is 5.41 Å². The molecule has 17 aromatic carbocycles. The number of benzene rings is 17. The smallest absolute Gasteiger partial charge is 0.0714 e. The number of hydrogen-bond acceptors (Lipinski definition) is 2. The summed E-state index contributed by atoms with van der Waals surface area (Å²) < 4.78 is 2.53. The van der Waals surface area contributed by atoms with Crippen molar-refractivity contribution in [3.05, 3.63) is 440 Å². The summed E-state index contributed by atoms with van der Waals surface area (Å²) in [4.78, 5) is 4.85. The minimum absolute atomic E-state index is 0.172. The first-order valence-corrected chi connectivity index (χ1v) is 37.9. The predicted octanol–water partition coefficient (Wildman–Crippen LogP) is 28.4. The van der Waals surface area contributed by atoms with Crippen molar-refractivity contribution < 1.29 is 0 Å². The lowest BCUT2D eigenvalue weighted by molar-refractivity contribution is 0.660. The molecule has 0 unspecified atom stereocenters. The fraction of sp³-hybridized carbons (Fsp3) is 0.0377. The molecule has 0 saturated heterocycles. The molecule has 3 heteroatoms. The first-order chi connectivity index (χ1) is 53.8. The van der Waals surface area contributed by atoms with Gasteiger partial charge in [-0.3, -0.25) is 0 Å². The van der Waals surface area contributed by atoms with Crippen molar-refractivity contribution in [2.45, 2.75) is 24.7 Å². The van der Waals surface area contributed by atoms with E-state index in [1.807, 2.05) is 0 Å². The summed E-state index contributed by atoms with van der Waals surface area (Å²) >= 11 is 0. The van der Waals surface area contributed by atoms with Crippen LogP contribution in [0.3, 0.4) is 0 Å². The number of hydrogen-bond donors (Lipinski definition) is 0. The number of rotatable bonds is 14. The van der Waals surface area contributed by atoms with E-state index in [0.29, 0.717) is 0 Å². The highest BCUT2D eigenvalue weighted by Crippen LogP contribution is 2.58. The van der Waals surface area contributed by atoms with Crippen molar-refractivity contribution in [3.63, 3.8) is 0 Å². The molecule has 0 N–H and O–H groups in total. The first kappa shape index (κ1) is 63.6. The highest BCUT2D eigenvalue weighted by molar-refractivity contribution is 6.26. The quantitative estimate of drug-likeness (QED) is 0.107. The average molecular weight is 1390 g/mol. The zero-order chi connectivity index (χ0) is 72.3. The monoisotopic (exact) mass is 1390 g/mol. The van der Waals surface area contributed by atoms with Gasteiger partial charge in [0.1, 0.15) is 0 Å².